The molecule has 1 aromatic carbocycles. The lowest BCUT2D eigenvalue weighted by Crippen LogP contribution is -2.48. The molecule has 2 fully saturated rings. The molecular weight excluding hydrogens is 376 g/mol. The fourth-order valence-corrected chi connectivity index (χ4v) is 4.10. The third-order valence-electron chi connectivity index (χ3n) is 6.02. The fraction of sp³-hybridized carbons (Fsp3) is 0.708. The van der Waals surface area contributed by atoms with Crippen molar-refractivity contribution in [2.75, 3.05) is 52.6 Å². The van der Waals surface area contributed by atoms with Crippen LogP contribution in [0.15, 0.2) is 29.3 Å². The highest BCUT2D eigenvalue weighted by Crippen LogP contribution is 2.16. The lowest BCUT2D eigenvalue weighted by molar-refractivity contribution is 0.0893. The van der Waals surface area contributed by atoms with Crippen LogP contribution in [0.4, 0.5) is 0 Å². The average molecular weight is 417 g/mol. The third kappa shape index (κ3) is 7.89. The summed E-state index contributed by atoms with van der Waals surface area (Å²) in [6, 6.07) is 9.21. The average Bonchev–Trinajstić information content (AvgIpc) is 3.27. The number of nitrogens with one attached hydrogen (secondary N) is 2. The quantitative estimate of drug-likeness (QED) is 0.349. The molecule has 0 aromatic heterocycles. The molecule has 2 aliphatic heterocycles. The summed E-state index contributed by atoms with van der Waals surface area (Å²) in [5.74, 6) is 1.53. The van der Waals surface area contributed by atoms with E-state index in [9.17, 15) is 0 Å². The zero-order valence-corrected chi connectivity index (χ0v) is 18.9. The second kappa shape index (κ2) is 12.9. The Morgan fingerprint density at radius 2 is 2.07 bits per heavy atom. The van der Waals surface area contributed by atoms with E-state index in [4.69, 9.17) is 14.5 Å². The van der Waals surface area contributed by atoms with E-state index in [1.165, 1.54) is 11.1 Å². The van der Waals surface area contributed by atoms with Gasteiger partial charge in [0.25, 0.3) is 0 Å². The van der Waals surface area contributed by atoms with E-state index in [-0.39, 0.29) is 0 Å². The Morgan fingerprint density at radius 1 is 1.23 bits per heavy atom. The van der Waals surface area contributed by atoms with E-state index in [0.717, 1.165) is 90.8 Å². The lowest BCUT2D eigenvalue weighted by atomic mass is 10.0. The Morgan fingerprint density at radius 3 is 2.80 bits per heavy atom. The number of benzene rings is 1. The molecule has 0 amide bonds. The van der Waals surface area contributed by atoms with Crippen LogP contribution in [0, 0.1) is 12.8 Å². The van der Waals surface area contributed by atoms with Crippen LogP contribution in [0.5, 0.6) is 0 Å². The van der Waals surface area contributed by atoms with Crippen molar-refractivity contribution in [2.45, 2.75) is 52.1 Å². The molecule has 0 bridgehead atoms. The molecule has 6 heteroatoms. The molecule has 0 saturated carbocycles. The highest BCUT2D eigenvalue weighted by atomic mass is 16.5. The molecule has 0 spiro atoms. The van der Waals surface area contributed by atoms with Gasteiger partial charge in [-0.3, -0.25) is 9.89 Å². The summed E-state index contributed by atoms with van der Waals surface area (Å²) in [4.78, 5) is 7.32. The Hall–Kier alpha value is -1.63. The zero-order valence-electron chi connectivity index (χ0n) is 18.9. The van der Waals surface area contributed by atoms with Gasteiger partial charge < -0.3 is 20.1 Å². The topological polar surface area (TPSA) is 58.1 Å². The first-order chi connectivity index (χ1) is 14.7. The highest BCUT2D eigenvalue weighted by Gasteiger charge is 2.20. The lowest BCUT2D eigenvalue weighted by Gasteiger charge is -2.33. The summed E-state index contributed by atoms with van der Waals surface area (Å²) in [6.45, 7) is 12.7. The molecule has 1 atom stereocenters. The van der Waals surface area contributed by atoms with Crippen LogP contribution >= 0.6 is 0 Å². The van der Waals surface area contributed by atoms with Gasteiger partial charge in [0, 0.05) is 57.9 Å². The van der Waals surface area contributed by atoms with Crippen molar-refractivity contribution in [3.05, 3.63) is 35.4 Å². The normalized spacial score (nSPS) is 21.1. The Kier molecular flexibility index (Phi) is 9.93. The second-order valence-corrected chi connectivity index (χ2v) is 8.54. The summed E-state index contributed by atoms with van der Waals surface area (Å²) in [5, 5.41) is 7.04. The van der Waals surface area contributed by atoms with Gasteiger partial charge in [-0.05, 0) is 50.7 Å². The number of guanidine groups is 1. The van der Waals surface area contributed by atoms with Crippen molar-refractivity contribution in [1.29, 1.82) is 0 Å². The first-order valence-corrected chi connectivity index (χ1v) is 11.7. The van der Waals surface area contributed by atoms with Crippen LogP contribution in [0.2, 0.25) is 0 Å². The van der Waals surface area contributed by atoms with Crippen molar-refractivity contribution in [2.24, 2.45) is 10.9 Å². The van der Waals surface area contributed by atoms with Gasteiger partial charge in [-0.25, -0.2) is 0 Å². The monoisotopic (exact) mass is 416 g/mol. The SMILES string of the molecule is CCNC(=NCCCOCC1CCOC1)NC1CCN(Cc2ccccc2C)CC1. The number of aliphatic imine (C=N–C) groups is 1. The second-order valence-electron chi connectivity index (χ2n) is 8.54. The molecule has 30 heavy (non-hydrogen) atoms. The van der Waals surface area contributed by atoms with Crippen LogP contribution in [-0.4, -0.2) is 69.5 Å². The number of piperidine rings is 1. The molecular formula is C24H40N4O2. The maximum atomic E-state index is 5.78. The number of hydrogen-bond acceptors (Lipinski definition) is 4. The van der Waals surface area contributed by atoms with E-state index >= 15 is 0 Å². The predicted octanol–water partition coefficient (Wildman–Crippen LogP) is 2.96. The number of rotatable bonds is 10. The molecule has 2 saturated heterocycles. The van der Waals surface area contributed by atoms with Gasteiger partial charge >= 0.3 is 0 Å². The van der Waals surface area contributed by atoms with E-state index < -0.39 is 0 Å². The van der Waals surface area contributed by atoms with Gasteiger partial charge in [-0.2, -0.15) is 0 Å². The summed E-state index contributed by atoms with van der Waals surface area (Å²) in [5.41, 5.74) is 2.83. The maximum absolute atomic E-state index is 5.78. The minimum atomic E-state index is 0.495. The van der Waals surface area contributed by atoms with Crippen molar-refractivity contribution in [3.8, 4) is 0 Å². The standard InChI is InChI=1S/C24H40N4O2/c1-3-25-24(26-12-6-15-29-18-21-11-16-30-19-21)27-23-9-13-28(14-10-23)17-22-8-5-4-7-20(22)2/h4-5,7-8,21,23H,3,6,9-19H2,1-2H3,(H2,25,26,27). The minimum Gasteiger partial charge on any atom is -0.381 e. The third-order valence-corrected chi connectivity index (χ3v) is 6.02. The van der Waals surface area contributed by atoms with Crippen molar-refractivity contribution in [1.82, 2.24) is 15.5 Å². The van der Waals surface area contributed by atoms with Gasteiger partial charge in [0.15, 0.2) is 5.96 Å². The van der Waals surface area contributed by atoms with Gasteiger partial charge in [0.2, 0.25) is 0 Å². The molecule has 3 rings (SSSR count). The summed E-state index contributed by atoms with van der Waals surface area (Å²) in [7, 11) is 0. The van der Waals surface area contributed by atoms with Gasteiger partial charge in [0.05, 0.1) is 13.2 Å². The van der Waals surface area contributed by atoms with E-state index in [0.29, 0.717) is 12.0 Å². The predicted molar refractivity (Wildman–Crippen MR) is 123 cm³/mol. The number of likely N-dealkylation sites (tertiary alicyclic amines) is 1. The fourth-order valence-electron chi connectivity index (χ4n) is 4.10. The molecule has 0 aliphatic carbocycles. The molecule has 2 heterocycles. The Balaban J connectivity index is 1.33. The van der Waals surface area contributed by atoms with Crippen molar-refractivity contribution < 1.29 is 9.47 Å². The first kappa shape index (κ1) is 23.0. The molecule has 1 aromatic rings. The molecule has 0 radical (unpaired) electrons. The highest BCUT2D eigenvalue weighted by molar-refractivity contribution is 5.80. The smallest absolute Gasteiger partial charge is 0.191 e. The number of aryl methyl sites for hydroxylation is 1. The molecule has 2 aliphatic rings. The van der Waals surface area contributed by atoms with Crippen LogP contribution in [0.1, 0.15) is 43.7 Å². The van der Waals surface area contributed by atoms with Gasteiger partial charge in [0.1, 0.15) is 0 Å². The van der Waals surface area contributed by atoms with Crippen molar-refractivity contribution in [3.63, 3.8) is 0 Å². The summed E-state index contributed by atoms with van der Waals surface area (Å²) in [6.07, 6.45) is 4.40. The largest absolute Gasteiger partial charge is 0.381 e. The maximum Gasteiger partial charge on any atom is 0.191 e. The number of ether oxygens (including phenoxy) is 2. The molecule has 168 valence electrons. The Labute approximate surface area is 182 Å². The summed E-state index contributed by atoms with van der Waals surface area (Å²) >= 11 is 0. The van der Waals surface area contributed by atoms with Crippen LogP contribution < -0.4 is 10.6 Å². The van der Waals surface area contributed by atoms with Crippen LogP contribution in [0.3, 0.4) is 0 Å². The zero-order chi connectivity index (χ0) is 21.0. The summed E-state index contributed by atoms with van der Waals surface area (Å²) < 4.78 is 11.2. The van der Waals surface area contributed by atoms with E-state index in [2.05, 4.69) is 53.6 Å². The van der Waals surface area contributed by atoms with Gasteiger partial charge in [-0.1, -0.05) is 24.3 Å². The van der Waals surface area contributed by atoms with Crippen LogP contribution in [0.25, 0.3) is 0 Å². The van der Waals surface area contributed by atoms with Gasteiger partial charge in [-0.15, -0.1) is 0 Å². The molecule has 6 nitrogen and oxygen atoms in total. The Bertz CT molecular complexity index is 638. The van der Waals surface area contributed by atoms with E-state index in [1.54, 1.807) is 0 Å². The van der Waals surface area contributed by atoms with Crippen molar-refractivity contribution >= 4 is 5.96 Å². The minimum absolute atomic E-state index is 0.495. The first-order valence-electron chi connectivity index (χ1n) is 11.7. The van der Waals surface area contributed by atoms with E-state index in [1.807, 2.05) is 0 Å². The molecule has 2 N–H and O–H groups in total. The number of nitrogens with zero attached hydrogens (tertiary/aromatic N) is 2. The number of hydrogen-bond donors (Lipinski definition) is 2. The molecule has 1 unspecified atom stereocenters. The van der Waals surface area contributed by atoms with Crippen LogP contribution in [-0.2, 0) is 16.0 Å².